The van der Waals surface area contributed by atoms with Gasteiger partial charge in [0.1, 0.15) is 6.61 Å². The average molecular weight is 451 g/mol. The van der Waals surface area contributed by atoms with Crippen molar-refractivity contribution >= 4 is 18.0 Å². The summed E-state index contributed by atoms with van der Waals surface area (Å²) in [5.41, 5.74) is 4.02. The van der Waals surface area contributed by atoms with Gasteiger partial charge in [0.2, 0.25) is 5.91 Å². The monoisotopic (exact) mass is 450 g/mol. The molecule has 0 spiro atoms. The standard InChI is InChI=1S/C26H30N2O5/c1-2-7-17(14-24(30)31)27-23(29)15-26(12-13-26)28-25(32)33-16-22-20-10-5-3-8-18(20)19-9-4-6-11-21(19)22/h3-6,8-11,17,22H,2,7,12-16H2,1H3,(H,27,29)(H,28,32)(H,30,31)/t17-/m1/s1. The van der Waals surface area contributed by atoms with Gasteiger partial charge in [-0.1, -0.05) is 61.9 Å². The number of amides is 2. The predicted molar refractivity (Wildman–Crippen MR) is 124 cm³/mol. The highest BCUT2D eigenvalue weighted by Crippen LogP contribution is 2.44. The smallest absolute Gasteiger partial charge is 0.407 e. The molecule has 0 aliphatic heterocycles. The minimum absolute atomic E-state index is 0.0209. The van der Waals surface area contributed by atoms with Crippen molar-refractivity contribution in [2.24, 2.45) is 0 Å². The number of benzene rings is 2. The first-order chi connectivity index (χ1) is 15.9. The quantitative estimate of drug-likeness (QED) is 0.503. The first-order valence-electron chi connectivity index (χ1n) is 11.5. The second kappa shape index (κ2) is 9.65. The molecular formula is C26H30N2O5. The number of aliphatic carboxylic acids is 1. The Hall–Kier alpha value is -3.35. The third-order valence-electron chi connectivity index (χ3n) is 6.49. The Morgan fingerprint density at radius 2 is 1.67 bits per heavy atom. The van der Waals surface area contributed by atoms with Crippen LogP contribution in [0.3, 0.4) is 0 Å². The van der Waals surface area contributed by atoms with Gasteiger partial charge in [-0.05, 0) is 41.5 Å². The molecule has 0 saturated heterocycles. The maximum Gasteiger partial charge on any atom is 0.407 e. The first kappa shape index (κ1) is 22.8. The van der Waals surface area contributed by atoms with E-state index in [0.29, 0.717) is 19.3 Å². The van der Waals surface area contributed by atoms with Gasteiger partial charge in [-0.3, -0.25) is 9.59 Å². The van der Waals surface area contributed by atoms with Gasteiger partial charge in [-0.15, -0.1) is 0 Å². The van der Waals surface area contributed by atoms with Crippen LogP contribution in [0.15, 0.2) is 48.5 Å². The summed E-state index contributed by atoms with van der Waals surface area (Å²) >= 11 is 0. The first-order valence-corrected chi connectivity index (χ1v) is 11.5. The Balaban J connectivity index is 1.32. The molecule has 0 heterocycles. The van der Waals surface area contributed by atoms with Gasteiger partial charge in [0.15, 0.2) is 0 Å². The molecule has 33 heavy (non-hydrogen) atoms. The van der Waals surface area contributed by atoms with Crippen LogP contribution in [-0.4, -0.2) is 41.3 Å². The molecule has 0 bridgehead atoms. The maximum absolute atomic E-state index is 12.6. The van der Waals surface area contributed by atoms with Crippen LogP contribution in [0.5, 0.6) is 0 Å². The van der Waals surface area contributed by atoms with Gasteiger partial charge >= 0.3 is 12.1 Å². The lowest BCUT2D eigenvalue weighted by Crippen LogP contribution is -2.44. The number of alkyl carbamates (subject to hydrolysis) is 1. The van der Waals surface area contributed by atoms with E-state index in [9.17, 15) is 14.4 Å². The van der Waals surface area contributed by atoms with E-state index in [4.69, 9.17) is 9.84 Å². The van der Waals surface area contributed by atoms with Gasteiger partial charge in [0.05, 0.1) is 12.0 Å². The molecule has 2 aliphatic carbocycles. The second-order valence-electron chi connectivity index (χ2n) is 9.06. The maximum atomic E-state index is 12.6. The van der Waals surface area contributed by atoms with Crippen LogP contribution in [0.4, 0.5) is 4.79 Å². The Morgan fingerprint density at radius 1 is 1.06 bits per heavy atom. The molecule has 1 atom stereocenters. The lowest BCUT2D eigenvalue weighted by atomic mass is 9.98. The van der Waals surface area contributed by atoms with Crippen molar-refractivity contribution in [1.29, 1.82) is 0 Å². The summed E-state index contributed by atoms with van der Waals surface area (Å²) in [5.74, 6) is -1.20. The number of fused-ring (bicyclic) bond motifs is 3. The highest BCUT2D eigenvalue weighted by atomic mass is 16.5. The highest BCUT2D eigenvalue weighted by molar-refractivity contribution is 5.81. The number of ether oxygens (including phenoxy) is 1. The minimum Gasteiger partial charge on any atom is -0.481 e. The fourth-order valence-corrected chi connectivity index (χ4v) is 4.72. The molecule has 3 N–H and O–H groups in total. The molecule has 174 valence electrons. The van der Waals surface area contributed by atoms with Crippen LogP contribution >= 0.6 is 0 Å². The molecular weight excluding hydrogens is 420 g/mol. The van der Waals surface area contributed by atoms with E-state index in [0.717, 1.165) is 17.5 Å². The second-order valence-corrected chi connectivity index (χ2v) is 9.06. The molecule has 7 nitrogen and oxygen atoms in total. The number of nitrogens with one attached hydrogen (secondary N) is 2. The van der Waals surface area contributed by atoms with Crippen molar-refractivity contribution in [3.63, 3.8) is 0 Å². The molecule has 0 unspecified atom stereocenters. The third-order valence-corrected chi connectivity index (χ3v) is 6.49. The van der Waals surface area contributed by atoms with Crippen LogP contribution in [-0.2, 0) is 14.3 Å². The Kier molecular flexibility index (Phi) is 6.67. The Morgan fingerprint density at radius 3 is 2.21 bits per heavy atom. The van der Waals surface area contributed by atoms with E-state index >= 15 is 0 Å². The predicted octanol–water partition coefficient (Wildman–Crippen LogP) is 4.21. The van der Waals surface area contributed by atoms with Gasteiger partial charge < -0.3 is 20.5 Å². The van der Waals surface area contributed by atoms with Gasteiger partial charge in [-0.2, -0.15) is 0 Å². The fraction of sp³-hybridized carbons (Fsp3) is 0.423. The molecule has 2 aromatic rings. The summed E-state index contributed by atoms with van der Waals surface area (Å²) in [4.78, 5) is 36.1. The summed E-state index contributed by atoms with van der Waals surface area (Å²) in [6.07, 6.45) is 2.26. The van der Waals surface area contributed by atoms with Crippen LogP contribution in [0, 0.1) is 0 Å². The Labute approximate surface area is 193 Å². The van der Waals surface area contributed by atoms with E-state index in [-0.39, 0.29) is 31.3 Å². The summed E-state index contributed by atoms with van der Waals surface area (Å²) in [6, 6.07) is 15.9. The van der Waals surface area contributed by atoms with Crippen molar-refractivity contribution in [2.75, 3.05) is 6.61 Å². The van der Waals surface area contributed by atoms with Crippen LogP contribution < -0.4 is 10.6 Å². The van der Waals surface area contributed by atoms with E-state index < -0.39 is 23.6 Å². The number of hydrogen-bond donors (Lipinski definition) is 3. The van der Waals surface area contributed by atoms with Gasteiger partial charge in [-0.25, -0.2) is 4.79 Å². The fourth-order valence-electron chi connectivity index (χ4n) is 4.72. The minimum atomic E-state index is -0.938. The molecule has 0 radical (unpaired) electrons. The number of hydrogen-bond acceptors (Lipinski definition) is 4. The lowest BCUT2D eigenvalue weighted by molar-refractivity contribution is -0.137. The zero-order chi connectivity index (χ0) is 23.4. The number of carbonyl (C=O) groups is 3. The topological polar surface area (TPSA) is 105 Å². The lowest BCUT2D eigenvalue weighted by Gasteiger charge is -2.21. The number of carboxylic acid groups (broad SMARTS) is 1. The van der Waals surface area contributed by atoms with E-state index in [1.807, 2.05) is 31.2 Å². The summed E-state index contributed by atoms with van der Waals surface area (Å²) < 4.78 is 5.61. The number of carbonyl (C=O) groups excluding carboxylic acids is 2. The van der Waals surface area contributed by atoms with Crippen molar-refractivity contribution in [2.45, 2.75) is 62.9 Å². The molecule has 1 saturated carbocycles. The van der Waals surface area contributed by atoms with Crippen molar-refractivity contribution < 1.29 is 24.2 Å². The molecule has 2 aromatic carbocycles. The summed E-state index contributed by atoms with van der Waals surface area (Å²) in [5, 5.41) is 14.7. The normalized spacial score (nSPS) is 16.3. The van der Waals surface area contributed by atoms with Crippen molar-refractivity contribution in [3.05, 3.63) is 59.7 Å². The van der Waals surface area contributed by atoms with E-state index in [1.54, 1.807) is 0 Å². The summed E-state index contributed by atoms with van der Waals surface area (Å²) in [6.45, 7) is 2.17. The third kappa shape index (κ3) is 5.35. The van der Waals surface area contributed by atoms with E-state index in [1.165, 1.54) is 11.1 Å². The van der Waals surface area contributed by atoms with Gasteiger partial charge in [0.25, 0.3) is 0 Å². The molecule has 2 amide bonds. The van der Waals surface area contributed by atoms with Crippen LogP contribution in [0.2, 0.25) is 0 Å². The molecule has 4 rings (SSSR count). The zero-order valence-corrected chi connectivity index (χ0v) is 18.8. The SMILES string of the molecule is CCC[C@H](CC(=O)O)NC(=O)CC1(NC(=O)OCC2c3ccccc3-c3ccccc32)CC1. The Bertz CT molecular complexity index is 1000. The highest BCUT2D eigenvalue weighted by Gasteiger charge is 2.46. The largest absolute Gasteiger partial charge is 0.481 e. The number of carboxylic acids is 1. The van der Waals surface area contributed by atoms with E-state index in [2.05, 4.69) is 34.9 Å². The summed E-state index contributed by atoms with van der Waals surface area (Å²) in [7, 11) is 0. The molecule has 0 aromatic heterocycles. The average Bonchev–Trinajstić information content (AvgIpc) is 3.44. The van der Waals surface area contributed by atoms with Crippen molar-refractivity contribution in [3.8, 4) is 11.1 Å². The number of rotatable bonds is 10. The zero-order valence-electron chi connectivity index (χ0n) is 18.8. The molecule has 1 fully saturated rings. The molecule has 2 aliphatic rings. The van der Waals surface area contributed by atoms with Crippen molar-refractivity contribution in [1.82, 2.24) is 10.6 Å². The molecule has 7 heteroatoms. The van der Waals surface area contributed by atoms with Gasteiger partial charge in [0, 0.05) is 18.4 Å². The van der Waals surface area contributed by atoms with Crippen LogP contribution in [0.1, 0.15) is 62.5 Å². The van der Waals surface area contributed by atoms with Crippen LogP contribution in [0.25, 0.3) is 11.1 Å².